The molecule has 0 bridgehead atoms. The van der Waals surface area contributed by atoms with Crippen LogP contribution < -0.4 is 0 Å². The van der Waals surface area contributed by atoms with Crippen molar-refractivity contribution in [3.8, 4) is 0 Å². The molecular weight excluding hydrogens is 452 g/mol. The largest absolute Gasteiger partial charge is 0.441 e. The lowest BCUT2D eigenvalue weighted by molar-refractivity contribution is 0.00118. The number of ether oxygens (including phenoxy) is 1. The molecule has 1 saturated heterocycles. The summed E-state index contributed by atoms with van der Waals surface area (Å²) in [5.74, 6) is 0.0800. The predicted octanol–water partition coefficient (Wildman–Crippen LogP) is 4.28. The third-order valence-corrected chi connectivity index (χ3v) is 8.86. The molecule has 2 aliphatic rings. The maximum absolute atomic E-state index is 13.9. The van der Waals surface area contributed by atoms with Gasteiger partial charge in [-0.05, 0) is 62.3 Å². The maximum atomic E-state index is 13.9. The van der Waals surface area contributed by atoms with Crippen molar-refractivity contribution >= 4 is 27.7 Å². The van der Waals surface area contributed by atoms with Crippen LogP contribution in [0.3, 0.4) is 0 Å². The SMILES string of the molecule is CC[C@@H](C(C)C)N([C@H](CC)C1(OC(=O)N2CC[C@H](O)C2)CC1)S(=O)(=O)c1ccc(Cl)cc1. The van der Waals surface area contributed by atoms with Gasteiger partial charge in [0.2, 0.25) is 10.0 Å². The topological polar surface area (TPSA) is 87.2 Å². The number of carbonyl (C=O) groups excluding carboxylic acids is 1. The molecule has 0 radical (unpaired) electrons. The molecule has 0 aromatic heterocycles. The van der Waals surface area contributed by atoms with E-state index in [9.17, 15) is 18.3 Å². The number of likely N-dealkylation sites (tertiary alicyclic amines) is 1. The van der Waals surface area contributed by atoms with E-state index < -0.39 is 33.9 Å². The molecule has 1 aliphatic carbocycles. The summed E-state index contributed by atoms with van der Waals surface area (Å²) in [6, 6.07) is 5.49. The number of β-amino-alcohol motifs (C(OH)–C–C–N with tert-alkyl or cyclic N) is 1. The summed E-state index contributed by atoms with van der Waals surface area (Å²) < 4.78 is 35.4. The van der Waals surface area contributed by atoms with Crippen LogP contribution in [0.15, 0.2) is 29.2 Å². The van der Waals surface area contributed by atoms with Gasteiger partial charge in [0.05, 0.1) is 17.0 Å². The molecule has 1 aromatic rings. The van der Waals surface area contributed by atoms with Gasteiger partial charge in [-0.15, -0.1) is 0 Å². The highest BCUT2D eigenvalue weighted by atomic mass is 35.5. The molecule has 7 nitrogen and oxygen atoms in total. The number of nitrogens with zero attached hydrogens (tertiary/aromatic N) is 2. The van der Waals surface area contributed by atoms with Crippen molar-refractivity contribution in [1.29, 1.82) is 0 Å². The second kappa shape index (κ2) is 9.87. The molecule has 3 atom stereocenters. The first-order valence-electron chi connectivity index (χ1n) is 11.5. The standard InChI is InChI=1S/C23H35ClN2O5S/c1-5-20(16(3)4)26(32(29,30)19-9-7-17(24)8-10-19)21(6-2)23(12-13-23)31-22(28)25-14-11-18(27)15-25/h7-10,16,18,20-21,27H,5-6,11-15H2,1-4H3/t18-,20-,21+/m0/s1. The zero-order valence-corrected chi connectivity index (χ0v) is 20.9. The number of sulfonamides is 1. The summed E-state index contributed by atoms with van der Waals surface area (Å²) in [6.45, 7) is 8.66. The molecule has 0 unspecified atom stereocenters. The first-order valence-corrected chi connectivity index (χ1v) is 13.3. The Hall–Kier alpha value is -1.35. The summed E-state index contributed by atoms with van der Waals surface area (Å²) in [6.07, 6.45) is 1.92. The van der Waals surface area contributed by atoms with Crippen molar-refractivity contribution in [1.82, 2.24) is 9.21 Å². The Morgan fingerprint density at radius 2 is 1.88 bits per heavy atom. The number of halogens is 1. The second-order valence-corrected chi connectivity index (χ2v) is 11.5. The van der Waals surface area contributed by atoms with E-state index in [1.165, 1.54) is 17.0 Å². The maximum Gasteiger partial charge on any atom is 0.410 e. The van der Waals surface area contributed by atoms with E-state index in [-0.39, 0.29) is 23.4 Å². The number of rotatable bonds is 9. The van der Waals surface area contributed by atoms with Gasteiger partial charge in [-0.3, -0.25) is 0 Å². The van der Waals surface area contributed by atoms with Crippen molar-refractivity contribution in [2.45, 2.75) is 88.5 Å². The smallest absolute Gasteiger partial charge is 0.410 e. The van der Waals surface area contributed by atoms with Crippen LogP contribution in [0.4, 0.5) is 4.79 Å². The fourth-order valence-corrected chi connectivity index (χ4v) is 7.08. The fraction of sp³-hybridized carbons (Fsp3) is 0.696. The van der Waals surface area contributed by atoms with Gasteiger partial charge in [0.25, 0.3) is 0 Å². The van der Waals surface area contributed by atoms with Crippen LogP contribution >= 0.6 is 11.6 Å². The Morgan fingerprint density at radius 3 is 2.31 bits per heavy atom. The molecule has 32 heavy (non-hydrogen) atoms. The summed E-state index contributed by atoms with van der Waals surface area (Å²) in [4.78, 5) is 14.5. The van der Waals surface area contributed by atoms with E-state index in [4.69, 9.17) is 16.3 Å². The summed E-state index contributed by atoms with van der Waals surface area (Å²) in [7, 11) is -3.86. The van der Waals surface area contributed by atoms with E-state index in [2.05, 4.69) is 0 Å². The lowest BCUT2D eigenvalue weighted by atomic mass is 9.97. The Kier molecular flexibility index (Phi) is 7.80. The third-order valence-electron chi connectivity index (χ3n) is 6.66. The van der Waals surface area contributed by atoms with Crippen LogP contribution in [0.5, 0.6) is 0 Å². The minimum absolute atomic E-state index is 0.0800. The van der Waals surface area contributed by atoms with E-state index >= 15 is 0 Å². The third kappa shape index (κ3) is 5.08. The van der Waals surface area contributed by atoms with Crippen molar-refractivity contribution < 1.29 is 23.1 Å². The molecule has 1 heterocycles. The number of amides is 1. The van der Waals surface area contributed by atoms with E-state index in [1.807, 2.05) is 27.7 Å². The van der Waals surface area contributed by atoms with Gasteiger partial charge < -0.3 is 14.7 Å². The molecular formula is C23H35ClN2O5S. The number of hydrogen-bond acceptors (Lipinski definition) is 5. The zero-order chi connectivity index (χ0) is 23.7. The average molecular weight is 487 g/mol. The van der Waals surface area contributed by atoms with Gasteiger partial charge in [0.15, 0.2) is 0 Å². The van der Waals surface area contributed by atoms with Crippen molar-refractivity contribution in [3.05, 3.63) is 29.3 Å². The van der Waals surface area contributed by atoms with Crippen molar-refractivity contribution in [2.75, 3.05) is 13.1 Å². The Morgan fingerprint density at radius 1 is 1.25 bits per heavy atom. The molecule has 1 aromatic carbocycles. The normalized spacial score (nSPS) is 22.2. The van der Waals surface area contributed by atoms with Gasteiger partial charge in [0, 0.05) is 24.2 Å². The van der Waals surface area contributed by atoms with E-state index in [0.29, 0.717) is 43.7 Å². The first kappa shape index (κ1) is 25.3. The Labute approximate surface area is 196 Å². The van der Waals surface area contributed by atoms with Crippen LogP contribution in [0.25, 0.3) is 0 Å². The van der Waals surface area contributed by atoms with Crippen LogP contribution in [-0.4, -0.2) is 65.7 Å². The van der Waals surface area contributed by atoms with Crippen molar-refractivity contribution in [2.24, 2.45) is 5.92 Å². The minimum Gasteiger partial charge on any atom is -0.441 e. The molecule has 1 saturated carbocycles. The number of benzene rings is 1. The van der Waals surface area contributed by atoms with Crippen LogP contribution in [0.2, 0.25) is 5.02 Å². The molecule has 1 amide bonds. The number of carbonyl (C=O) groups is 1. The molecule has 2 fully saturated rings. The fourth-order valence-electron chi connectivity index (χ4n) is 4.81. The van der Waals surface area contributed by atoms with Gasteiger partial charge >= 0.3 is 6.09 Å². The highest BCUT2D eigenvalue weighted by Crippen LogP contribution is 2.49. The van der Waals surface area contributed by atoms with Crippen LogP contribution in [0.1, 0.15) is 59.8 Å². The highest BCUT2D eigenvalue weighted by Gasteiger charge is 2.58. The number of aliphatic hydroxyl groups excluding tert-OH is 1. The lowest BCUT2D eigenvalue weighted by Crippen LogP contribution is -2.55. The molecule has 0 spiro atoms. The number of hydrogen-bond donors (Lipinski definition) is 1. The summed E-state index contributed by atoms with van der Waals surface area (Å²) >= 11 is 6.00. The Bertz CT molecular complexity index is 901. The predicted molar refractivity (Wildman–Crippen MR) is 124 cm³/mol. The Balaban J connectivity index is 1.97. The summed E-state index contributed by atoms with van der Waals surface area (Å²) in [5, 5.41) is 10.2. The van der Waals surface area contributed by atoms with Gasteiger partial charge in [-0.2, -0.15) is 4.31 Å². The van der Waals surface area contributed by atoms with Crippen LogP contribution in [0, 0.1) is 5.92 Å². The summed E-state index contributed by atoms with van der Waals surface area (Å²) in [5.41, 5.74) is -0.846. The van der Waals surface area contributed by atoms with Gasteiger partial charge in [0.1, 0.15) is 5.60 Å². The van der Waals surface area contributed by atoms with Crippen molar-refractivity contribution in [3.63, 3.8) is 0 Å². The minimum atomic E-state index is -3.86. The highest BCUT2D eigenvalue weighted by molar-refractivity contribution is 7.89. The van der Waals surface area contributed by atoms with Gasteiger partial charge in [-0.1, -0.05) is 39.3 Å². The lowest BCUT2D eigenvalue weighted by Gasteiger charge is -2.42. The van der Waals surface area contributed by atoms with Gasteiger partial charge in [-0.25, -0.2) is 13.2 Å². The van der Waals surface area contributed by atoms with Crippen LogP contribution in [-0.2, 0) is 14.8 Å². The molecule has 1 N–H and O–H groups in total. The molecule has 180 valence electrons. The molecule has 3 rings (SSSR count). The first-order chi connectivity index (χ1) is 15.1. The second-order valence-electron chi connectivity index (χ2n) is 9.25. The van der Waals surface area contributed by atoms with E-state index in [1.54, 1.807) is 16.4 Å². The monoisotopic (exact) mass is 486 g/mol. The quantitative estimate of drug-likeness (QED) is 0.563. The average Bonchev–Trinajstić information content (AvgIpc) is 3.37. The molecule has 9 heteroatoms. The number of aliphatic hydroxyl groups is 1. The zero-order valence-electron chi connectivity index (χ0n) is 19.3. The molecule has 1 aliphatic heterocycles. The van der Waals surface area contributed by atoms with E-state index in [0.717, 1.165) is 0 Å².